The molecule has 0 saturated carbocycles. The molecule has 108 valence electrons. The molecule has 0 aliphatic carbocycles. The summed E-state index contributed by atoms with van der Waals surface area (Å²) in [4.78, 5) is 7.84. The summed E-state index contributed by atoms with van der Waals surface area (Å²) in [7, 11) is 2.21. The van der Waals surface area contributed by atoms with Gasteiger partial charge in [-0.1, -0.05) is 0 Å². The molecule has 2 heterocycles. The van der Waals surface area contributed by atoms with Crippen molar-refractivity contribution in [3.63, 3.8) is 0 Å². The van der Waals surface area contributed by atoms with Crippen LogP contribution >= 0.6 is 11.3 Å². The van der Waals surface area contributed by atoms with Crippen molar-refractivity contribution in [1.82, 2.24) is 15.1 Å². The number of nitrogens with one attached hydrogen (secondary N) is 1. The van der Waals surface area contributed by atoms with E-state index in [0.717, 1.165) is 6.54 Å². The van der Waals surface area contributed by atoms with Gasteiger partial charge < -0.3 is 10.2 Å². The highest BCUT2D eigenvalue weighted by Gasteiger charge is 2.14. The molecular weight excluding hydrogens is 254 g/mol. The van der Waals surface area contributed by atoms with Gasteiger partial charge in [0.2, 0.25) is 0 Å². The first-order valence-electron chi connectivity index (χ1n) is 7.27. The van der Waals surface area contributed by atoms with E-state index in [9.17, 15) is 0 Å². The topological polar surface area (TPSA) is 18.5 Å². The van der Waals surface area contributed by atoms with Crippen molar-refractivity contribution >= 4 is 11.3 Å². The third-order valence-corrected chi connectivity index (χ3v) is 5.00. The maximum atomic E-state index is 3.66. The summed E-state index contributed by atoms with van der Waals surface area (Å²) >= 11 is 1.90. The van der Waals surface area contributed by atoms with Gasteiger partial charge in [-0.2, -0.15) is 0 Å². The van der Waals surface area contributed by atoms with E-state index < -0.39 is 0 Å². The summed E-state index contributed by atoms with van der Waals surface area (Å²) < 4.78 is 0. The normalized spacial score (nSPS) is 19.8. The Bertz CT molecular complexity index is 394. The lowest BCUT2D eigenvalue weighted by molar-refractivity contribution is 0.154. The molecule has 0 spiro atoms. The van der Waals surface area contributed by atoms with Crippen LogP contribution in [0.1, 0.15) is 28.3 Å². The van der Waals surface area contributed by atoms with Gasteiger partial charge >= 0.3 is 0 Å². The molecule has 1 atom stereocenters. The van der Waals surface area contributed by atoms with E-state index in [4.69, 9.17) is 0 Å². The molecule has 19 heavy (non-hydrogen) atoms. The van der Waals surface area contributed by atoms with E-state index in [2.05, 4.69) is 49.0 Å². The van der Waals surface area contributed by atoms with E-state index in [1.165, 1.54) is 48.0 Å². The van der Waals surface area contributed by atoms with Crippen LogP contribution in [0, 0.1) is 13.8 Å². The largest absolute Gasteiger partial charge is 0.309 e. The first-order chi connectivity index (χ1) is 9.06. The summed E-state index contributed by atoms with van der Waals surface area (Å²) in [5.41, 5.74) is 1.47. The van der Waals surface area contributed by atoms with E-state index in [1.807, 2.05) is 11.3 Å². The molecule has 1 N–H and O–H groups in total. The van der Waals surface area contributed by atoms with Crippen molar-refractivity contribution in [2.75, 3.05) is 46.3 Å². The van der Waals surface area contributed by atoms with Crippen LogP contribution in [-0.4, -0.2) is 56.1 Å². The standard InChI is InChI=1S/C15H27N3S/c1-12-11-15(14(3)19-12)13(2)16-5-6-18-9-7-17(4)8-10-18/h11,13,16H,5-10H2,1-4H3. The first-order valence-corrected chi connectivity index (χ1v) is 8.09. The van der Waals surface area contributed by atoms with Gasteiger partial charge in [-0.3, -0.25) is 4.90 Å². The second kappa shape index (κ2) is 6.84. The van der Waals surface area contributed by atoms with Crippen molar-refractivity contribution in [2.45, 2.75) is 26.8 Å². The molecule has 1 saturated heterocycles. The average molecular weight is 281 g/mol. The van der Waals surface area contributed by atoms with Gasteiger partial charge in [0, 0.05) is 55.1 Å². The summed E-state index contributed by atoms with van der Waals surface area (Å²) in [6, 6.07) is 2.80. The third-order valence-electron chi connectivity index (χ3n) is 4.02. The number of aryl methyl sites for hydroxylation is 2. The summed E-state index contributed by atoms with van der Waals surface area (Å²) in [6.45, 7) is 13.8. The zero-order valence-corrected chi connectivity index (χ0v) is 13.5. The Hall–Kier alpha value is -0.420. The minimum absolute atomic E-state index is 0.470. The summed E-state index contributed by atoms with van der Waals surface area (Å²) in [5.74, 6) is 0. The quantitative estimate of drug-likeness (QED) is 0.893. The SMILES string of the molecule is Cc1cc(C(C)NCCN2CCN(C)CC2)c(C)s1. The van der Waals surface area contributed by atoms with Gasteiger partial charge in [0.25, 0.3) is 0 Å². The predicted octanol–water partition coefficient (Wildman–Crippen LogP) is 2.26. The van der Waals surface area contributed by atoms with Crippen molar-refractivity contribution in [3.05, 3.63) is 21.4 Å². The Labute approximate surface area is 121 Å². The number of hydrogen-bond acceptors (Lipinski definition) is 4. The van der Waals surface area contributed by atoms with Gasteiger partial charge in [0.05, 0.1) is 0 Å². The van der Waals surface area contributed by atoms with Crippen LogP contribution in [0.15, 0.2) is 6.07 Å². The minimum atomic E-state index is 0.470. The maximum absolute atomic E-state index is 3.66. The van der Waals surface area contributed by atoms with Crippen LogP contribution in [0.5, 0.6) is 0 Å². The Morgan fingerprint density at radius 2 is 1.95 bits per heavy atom. The summed E-state index contributed by atoms with van der Waals surface area (Å²) in [5, 5.41) is 3.66. The molecule has 2 rings (SSSR count). The fraction of sp³-hybridized carbons (Fsp3) is 0.733. The second-order valence-corrected chi connectivity index (χ2v) is 7.15. The lowest BCUT2D eigenvalue weighted by Gasteiger charge is -2.32. The molecule has 1 aliphatic rings. The van der Waals surface area contributed by atoms with E-state index in [1.54, 1.807) is 0 Å². The van der Waals surface area contributed by atoms with Gasteiger partial charge in [-0.05, 0) is 39.4 Å². The minimum Gasteiger partial charge on any atom is -0.309 e. The van der Waals surface area contributed by atoms with Crippen LogP contribution in [0.2, 0.25) is 0 Å². The maximum Gasteiger partial charge on any atom is 0.0303 e. The Kier molecular flexibility index (Phi) is 5.39. The first kappa shape index (κ1) is 15.0. The number of piperazine rings is 1. The number of rotatable bonds is 5. The highest BCUT2D eigenvalue weighted by Crippen LogP contribution is 2.25. The van der Waals surface area contributed by atoms with Gasteiger partial charge in [-0.25, -0.2) is 0 Å². The Morgan fingerprint density at radius 1 is 1.26 bits per heavy atom. The second-order valence-electron chi connectivity index (χ2n) is 5.69. The smallest absolute Gasteiger partial charge is 0.0303 e. The molecule has 1 aromatic rings. The number of likely N-dealkylation sites (N-methyl/N-ethyl adjacent to an activating group) is 1. The zero-order valence-electron chi connectivity index (χ0n) is 12.7. The third kappa shape index (κ3) is 4.28. The van der Waals surface area contributed by atoms with Gasteiger partial charge in [0.1, 0.15) is 0 Å². The van der Waals surface area contributed by atoms with Crippen LogP contribution in [0.25, 0.3) is 0 Å². The monoisotopic (exact) mass is 281 g/mol. The number of nitrogens with zero attached hydrogens (tertiary/aromatic N) is 2. The molecule has 1 aliphatic heterocycles. The Balaban J connectivity index is 1.72. The lowest BCUT2D eigenvalue weighted by atomic mass is 10.1. The molecule has 0 amide bonds. The Morgan fingerprint density at radius 3 is 2.53 bits per heavy atom. The van der Waals surface area contributed by atoms with E-state index in [-0.39, 0.29) is 0 Å². The lowest BCUT2D eigenvalue weighted by Crippen LogP contribution is -2.46. The average Bonchev–Trinajstić information content (AvgIpc) is 2.71. The van der Waals surface area contributed by atoms with Crippen molar-refractivity contribution < 1.29 is 0 Å². The van der Waals surface area contributed by atoms with E-state index in [0.29, 0.717) is 6.04 Å². The molecule has 0 radical (unpaired) electrons. The van der Waals surface area contributed by atoms with Crippen molar-refractivity contribution in [3.8, 4) is 0 Å². The van der Waals surface area contributed by atoms with Crippen LogP contribution in [0.3, 0.4) is 0 Å². The summed E-state index contributed by atoms with van der Waals surface area (Å²) in [6.07, 6.45) is 0. The predicted molar refractivity (Wildman–Crippen MR) is 84.1 cm³/mol. The fourth-order valence-corrected chi connectivity index (χ4v) is 3.72. The number of hydrogen-bond donors (Lipinski definition) is 1. The highest BCUT2D eigenvalue weighted by atomic mass is 32.1. The molecule has 1 fully saturated rings. The zero-order chi connectivity index (χ0) is 13.8. The molecule has 0 aromatic carbocycles. The molecule has 4 heteroatoms. The molecular formula is C15H27N3S. The molecule has 1 unspecified atom stereocenters. The fourth-order valence-electron chi connectivity index (χ4n) is 2.70. The molecule has 1 aromatic heterocycles. The van der Waals surface area contributed by atoms with Crippen LogP contribution in [-0.2, 0) is 0 Å². The molecule has 0 bridgehead atoms. The highest BCUT2D eigenvalue weighted by molar-refractivity contribution is 7.12. The van der Waals surface area contributed by atoms with Crippen molar-refractivity contribution in [2.24, 2.45) is 0 Å². The van der Waals surface area contributed by atoms with Crippen LogP contribution in [0.4, 0.5) is 0 Å². The van der Waals surface area contributed by atoms with Crippen molar-refractivity contribution in [1.29, 1.82) is 0 Å². The molecule has 3 nitrogen and oxygen atoms in total. The van der Waals surface area contributed by atoms with Crippen LogP contribution < -0.4 is 5.32 Å². The van der Waals surface area contributed by atoms with Gasteiger partial charge in [0.15, 0.2) is 0 Å². The number of thiophene rings is 1. The van der Waals surface area contributed by atoms with Gasteiger partial charge in [-0.15, -0.1) is 11.3 Å². The van der Waals surface area contributed by atoms with E-state index >= 15 is 0 Å².